The van der Waals surface area contributed by atoms with E-state index in [1.165, 1.54) is 0 Å². The molecule has 1 heterocycles. The van der Waals surface area contributed by atoms with Crippen molar-refractivity contribution in [1.29, 1.82) is 0 Å². The minimum absolute atomic E-state index is 0.333. The van der Waals surface area contributed by atoms with Crippen LogP contribution in [0.1, 0.15) is 30.3 Å². The van der Waals surface area contributed by atoms with Gasteiger partial charge in [-0.15, -0.1) is 0 Å². The fourth-order valence-corrected chi connectivity index (χ4v) is 2.40. The second kappa shape index (κ2) is 4.50. The van der Waals surface area contributed by atoms with Crippen LogP contribution in [0.2, 0.25) is 0 Å². The number of nitrogens with zero attached hydrogens (tertiary/aromatic N) is 2. The van der Waals surface area contributed by atoms with Gasteiger partial charge in [-0.3, -0.25) is 0 Å². The topological polar surface area (TPSA) is 51.8 Å². The zero-order valence-electron chi connectivity index (χ0n) is 10.5. The standard InChI is InChI=1S/C15H17N3/c1-10-7-14(11-5-3-2-4-6-11)18-15(17-10)12-8-13(16)9-12/h2-7,12-13H,8-9,16H2,1H3. The average Bonchev–Trinajstić information content (AvgIpc) is 2.35. The molecule has 0 spiro atoms. The van der Waals surface area contributed by atoms with E-state index in [9.17, 15) is 0 Å². The summed E-state index contributed by atoms with van der Waals surface area (Å²) in [4.78, 5) is 9.24. The van der Waals surface area contributed by atoms with Crippen molar-refractivity contribution in [3.8, 4) is 11.3 Å². The van der Waals surface area contributed by atoms with E-state index in [1.54, 1.807) is 0 Å². The lowest BCUT2D eigenvalue weighted by molar-refractivity contribution is 0.338. The molecule has 0 unspecified atom stereocenters. The fourth-order valence-electron chi connectivity index (χ4n) is 2.40. The van der Waals surface area contributed by atoms with Gasteiger partial charge in [0.05, 0.1) is 5.69 Å². The Balaban J connectivity index is 1.96. The summed E-state index contributed by atoms with van der Waals surface area (Å²) >= 11 is 0. The van der Waals surface area contributed by atoms with Crippen LogP contribution in [0.4, 0.5) is 0 Å². The number of benzene rings is 1. The molecule has 0 bridgehead atoms. The van der Waals surface area contributed by atoms with Crippen molar-refractivity contribution in [2.45, 2.75) is 31.7 Å². The van der Waals surface area contributed by atoms with Crippen molar-refractivity contribution < 1.29 is 0 Å². The van der Waals surface area contributed by atoms with Crippen molar-refractivity contribution in [3.63, 3.8) is 0 Å². The summed E-state index contributed by atoms with van der Waals surface area (Å²) in [5.41, 5.74) is 9.02. The third-order valence-electron chi connectivity index (χ3n) is 3.48. The molecule has 1 aliphatic carbocycles. The Hall–Kier alpha value is -1.74. The summed E-state index contributed by atoms with van der Waals surface area (Å²) < 4.78 is 0. The highest BCUT2D eigenvalue weighted by atomic mass is 14.9. The van der Waals surface area contributed by atoms with Gasteiger partial charge in [0.15, 0.2) is 0 Å². The van der Waals surface area contributed by atoms with Crippen molar-refractivity contribution in [1.82, 2.24) is 9.97 Å². The van der Waals surface area contributed by atoms with E-state index in [4.69, 9.17) is 10.7 Å². The molecule has 18 heavy (non-hydrogen) atoms. The summed E-state index contributed by atoms with van der Waals surface area (Å²) in [5, 5.41) is 0. The lowest BCUT2D eigenvalue weighted by Crippen LogP contribution is -2.35. The predicted molar refractivity (Wildman–Crippen MR) is 72.2 cm³/mol. The van der Waals surface area contributed by atoms with Gasteiger partial charge in [-0.2, -0.15) is 0 Å². The third kappa shape index (κ3) is 2.14. The molecular weight excluding hydrogens is 222 g/mol. The van der Waals surface area contributed by atoms with Gasteiger partial charge in [-0.25, -0.2) is 9.97 Å². The summed E-state index contributed by atoms with van der Waals surface area (Å²) in [6.07, 6.45) is 2.02. The second-order valence-corrected chi connectivity index (χ2v) is 5.05. The largest absolute Gasteiger partial charge is 0.328 e. The van der Waals surface area contributed by atoms with Gasteiger partial charge in [0.1, 0.15) is 5.82 Å². The Labute approximate surface area is 107 Å². The van der Waals surface area contributed by atoms with Crippen LogP contribution in [0.25, 0.3) is 11.3 Å². The minimum atomic E-state index is 0.333. The minimum Gasteiger partial charge on any atom is -0.328 e. The molecule has 3 heteroatoms. The molecule has 92 valence electrons. The van der Waals surface area contributed by atoms with Crippen molar-refractivity contribution in [2.24, 2.45) is 5.73 Å². The van der Waals surface area contributed by atoms with Crippen LogP contribution in [0, 0.1) is 6.92 Å². The maximum absolute atomic E-state index is 5.84. The molecule has 0 amide bonds. The van der Waals surface area contributed by atoms with Gasteiger partial charge in [-0.05, 0) is 25.8 Å². The van der Waals surface area contributed by atoms with Crippen molar-refractivity contribution >= 4 is 0 Å². The molecular formula is C15H17N3. The molecule has 3 nitrogen and oxygen atoms in total. The molecule has 1 aromatic carbocycles. The molecule has 0 atom stereocenters. The Bertz CT molecular complexity index is 545. The Kier molecular flexibility index (Phi) is 2.84. The first-order chi connectivity index (χ1) is 8.72. The van der Waals surface area contributed by atoms with Crippen LogP contribution in [0.5, 0.6) is 0 Å². The molecule has 1 aromatic heterocycles. The van der Waals surface area contributed by atoms with Gasteiger partial charge in [-0.1, -0.05) is 30.3 Å². The molecule has 2 aromatic rings. The highest BCUT2D eigenvalue weighted by molar-refractivity contribution is 5.59. The molecule has 2 N–H and O–H groups in total. The molecule has 0 saturated heterocycles. The number of aryl methyl sites for hydroxylation is 1. The van der Waals surface area contributed by atoms with Crippen LogP contribution >= 0.6 is 0 Å². The first-order valence-electron chi connectivity index (χ1n) is 6.39. The van der Waals surface area contributed by atoms with E-state index in [1.807, 2.05) is 31.2 Å². The zero-order chi connectivity index (χ0) is 12.5. The molecule has 3 rings (SSSR count). The summed E-state index contributed by atoms with van der Waals surface area (Å²) in [5.74, 6) is 1.40. The number of nitrogens with two attached hydrogens (primary N) is 1. The van der Waals surface area contributed by atoms with E-state index in [2.05, 4.69) is 17.1 Å². The number of hydrogen-bond donors (Lipinski definition) is 1. The highest BCUT2D eigenvalue weighted by Crippen LogP contribution is 2.34. The summed E-state index contributed by atoms with van der Waals surface area (Å²) in [6.45, 7) is 2.02. The van der Waals surface area contributed by atoms with E-state index in [-0.39, 0.29) is 0 Å². The number of rotatable bonds is 2. The lowest BCUT2D eigenvalue weighted by Gasteiger charge is -2.31. The van der Waals surface area contributed by atoms with Crippen LogP contribution < -0.4 is 5.73 Å². The van der Waals surface area contributed by atoms with Gasteiger partial charge in [0.25, 0.3) is 0 Å². The maximum atomic E-state index is 5.84. The average molecular weight is 239 g/mol. The highest BCUT2D eigenvalue weighted by Gasteiger charge is 2.29. The Morgan fingerprint density at radius 3 is 2.50 bits per heavy atom. The van der Waals surface area contributed by atoms with Crippen LogP contribution in [0.3, 0.4) is 0 Å². The van der Waals surface area contributed by atoms with Gasteiger partial charge < -0.3 is 5.73 Å². The first-order valence-corrected chi connectivity index (χ1v) is 6.39. The smallest absolute Gasteiger partial charge is 0.132 e. The SMILES string of the molecule is Cc1cc(-c2ccccc2)nc(C2CC(N)C2)n1. The fraction of sp³-hybridized carbons (Fsp3) is 0.333. The number of aromatic nitrogens is 2. The van der Waals surface area contributed by atoms with Crippen LogP contribution in [0.15, 0.2) is 36.4 Å². The molecule has 0 radical (unpaired) electrons. The van der Waals surface area contributed by atoms with E-state index in [0.717, 1.165) is 35.6 Å². The van der Waals surface area contributed by atoms with Crippen LogP contribution in [-0.4, -0.2) is 16.0 Å². The number of hydrogen-bond acceptors (Lipinski definition) is 3. The van der Waals surface area contributed by atoms with Crippen molar-refractivity contribution in [3.05, 3.63) is 47.9 Å². The summed E-state index contributed by atoms with van der Waals surface area (Å²) in [7, 11) is 0. The molecule has 1 fully saturated rings. The van der Waals surface area contributed by atoms with Crippen LogP contribution in [-0.2, 0) is 0 Å². The lowest BCUT2D eigenvalue weighted by atomic mass is 9.80. The Morgan fingerprint density at radius 1 is 1.11 bits per heavy atom. The normalized spacial score (nSPS) is 22.6. The monoisotopic (exact) mass is 239 g/mol. The van der Waals surface area contributed by atoms with E-state index >= 15 is 0 Å². The van der Waals surface area contributed by atoms with Gasteiger partial charge in [0.2, 0.25) is 0 Å². The van der Waals surface area contributed by atoms with Gasteiger partial charge in [0, 0.05) is 23.2 Å². The van der Waals surface area contributed by atoms with Gasteiger partial charge >= 0.3 is 0 Å². The maximum Gasteiger partial charge on any atom is 0.132 e. The quantitative estimate of drug-likeness (QED) is 0.876. The molecule has 1 aliphatic rings. The van der Waals surface area contributed by atoms with Crippen molar-refractivity contribution in [2.75, 3.05) is 0 Å². The molecule has 0 aliphatic heterocycles. The first kappa shape index (κ1) is 11.4. The van der Waals surface area contributed by atoms with E-state index < -0.39 is 0 Å². The Morgan fingerprint density at radius 2 is 1.83 bits per heavy atom. The molecule has 1 saturated carbocycles. The zero-order valence-corrected chi connectivity index (χ0v) is 10.5. The third-order valence-corrected chi connectivity index (χ3v) is 3.48. The second-order valence-electron chi connectivity index (χ2n) is 5.05. The summed E-state index contributed by atoms with van der Waals surface area (Å²) in [6, 6.07) is 12.6. The van der Waals surface area contributed by atoms with E-state index in [0.29, 0.717) is 12.0 Å². The predicted octanol–water partition coefficient (Wildman–Crippen LogP) is 2.66.